The zero-order valence-electron chi connectivity index (χ0n) is 24.6. The van der Waals surface area contributed by atoms with Gasteiger partial charge < -0.3 is 9.69 Å². The first-order valence-electron chi connectivity index (χ1n) is 13.7. The molecule has 37 heavy (non-hydrogen) atoms. The normalized spacial score (nSPS) is 9.27. The van der Waals surface area contributed by atoms with E-state index in [9.17, 15) is 9.59 Å². The van der Waals surface area contributed by atoms with Crippen molar-refractivity contribution in [1.82, 2.24) is 14.9 Å². The standard InChI is InChI=1S/C12H25N.C11H8N2O.C7H12O.C2H6/c1-5-8-11-13(10-7-3)12(4)9-6-2;14-8-9-4-6-13-11(7-9)10-3-1-2-5-12-10;1-6(2)4-5-7(3)8;1-2/h4-11H2,1-3H3;1-8H;1,4-5H2,2-3H3;1-2H3. The minimum absolute atomic E-state index is 0.244. The molecule has 2 aromatic heterocycles. The highest BCUT2D eigenvalue weighted by atomic mass is 16.1. The van der Waals surface area contributed by atoms with Crippen molar-refractivity contribution >= 4 is 12.1 Å². The molecule has 2 rings (SSSR count). The Kier molecular flexibility index (Phi) is 24.0. The maximum atomic E-state index is 10.5. The molecule has 0 amide bonds. The second-order valence-electron chi connectivity index (χ2n) is 8.62. The van der Waals surface area contributed by atoms with Crippen molar-refractivity contribution in [2.75, 3.05) is 13.1 Å². The van der Waals surface area contributed by atoms with Crippen LogP contribution in [0.15, 0.2) is 67.2 Å². The SMILES string of the molecule is C=C(C)CCC(C)=O.C=C(CCC)N(CCC)CCCC.CC.O=Cc1ccnc(-c2ccccn2)c1. The van der Waals surface area contributed by atoms with E-state index in [0.717, 1.165) is 36.1 Å². The molecular formula is C32H51N3O2. The average Bonchev–Trinajstić information content (AvgIpc) is 2.92. The highest BCUT2D eigenvalue weighted by Gasteiger charge is 2.04. The van der Waals surface area contributed by atoms with Crippen LogP contribution in [-0.2, 0) is 4.79 Å². The smallest absolute Gasteiger partial charge is 0.150 e. The van der Waals surface area contributed by atoms with E-state index in [2.05, 4.69) is 48.8 Å². The zero-order chi connectivity index (χ0) is 28.5. The summed E-state index contributed by atoms with van der Waals surface area (Å²) >= 11 is 0. The van der Waals surface area contributed by atoms with Gasteiger partial charge in [-0.3, -0.25) is 14.8 Å². The van der Waals surface area contributed by atoms with Gasteiger partial charge in [-0.1, -0.05) is 65.7 Å². The lowest BCUT2D eigenvalue weighted by Crippen LogP contribution is -2.24. The van der Waals surface area contributed by atoms with Crippen LogP contribution >= 0.6 is 0 Å². The molecule has 0 aliphatic carbocycles. The molecule has 0 spiro atoms. The summed E-state index contributed by atoms with van der Waals surface area (Å²) in [5.74, 6) is 0.244. The van der Waals surface area contributed by atoms with Crippen molar-refractivity contribution in [1.29, 1.82) is 0 Å². The average molecular weight is 510 g/mol. The van der Waals surface area contributed by atoms with Crippen LogP contribution in [0.5, 0.6) is 0 Å². The molecule has 206 valence electrons. The summed E-state index contributed by atoms with van der Waals surface area (Å²) < 4.78 is 0. The lowest BCUT2D eigenvalue weighted by atomic mass is 10.1. The number of carbonyl (C=O) groups is 2. The maximum absolute atomic E-state index is 10.5. The maximum Gasteiger partial charge on any atom is 0.150 e. The number of aldehydes is 1. The van der Waals surface area contributed by atoms with Crippen LogP contribution in [0.2, 0.25) is 0 Å². The van der Waals surface area contributed by atoms with E-state index in [4.69, 9.17) is 0 Å². The van der Waals surface area contributed by atoms with Crippen LogP contribution in [0.4, 0.5) is 0 Å². The first-order valence-corrected chi connectivity index (χ1v) is 13.7. The first-order chi connectivity index (χ1) is 17.8. The molecule has 0 saturated heterocycles. The Hall–Kier alpha value is -3.08. The summed E-state index contributed by atoms with van der Waals surface area (Å²) in [6.07, 6.45) is 11.8. The van der Waals surface area contributed by atoms with E-state index in [-0.39, 0.29) is 5.78 Å². The second-order valence-corrected chi connectivity index (χ2v) is 8.62. The largest absolute Gasteiger partial charge is 0.375 e. The molecule has 0 fully saturated rings. The number of ketones is 1. The van der Waals surface area contributed by atoms with E-state index in [1.54, 1.807) is 31.5 Å². The Morgan fingerprint density at radius 2 is 1.54 bits per heavy atom. The number of rotatable bonds is 13. The molecule has 0 aliphatic rings. The number of nitrogens with zero attached hydrogens (tertiary/aromatic N) is 3. The van der Waals surface area contributed by atoms with E-state index >= 15 is 0 Å². The first kappa shape index (κ1) is 36.1. The molecule has 0 atom stereocenters. The number of hydrogen-bond acceptors (Lipinski definition) is 5. The highest BCUT2D eigenvalue weighted by Crippen LogP contribution is 2.13. The minimum Gasteiger partial charge on any atom is -0.375 e. The topological polar surface area (TPSA) is 63.2 Å². The second kappa shape index (κ2) is 24.6. The number of pyridine rings is 2. The molecule has 0 aromatic carbocycles. The van der Waals surface area contributed by atoms with Crippen molar-refractivity contribution in [3.05, 3.63) is 72.7 Å². The van der Waals surface area contributed by atoms with Gasteiger partial charge in [0.15, 0.2) is 0 Å². The van der Waals surface area contributed by atoms with Gasteiger partial charge in [0.1, 0.15) is 12.1 Å². The number of carbonyl (C=O) groups excluding carboxylic acids is 2. The van der Waals surface area contributed by atoms with Gasteiger partial charge in [-0.2, -0.15) is 0 Å². The summed E-state index contributed by atoms with van der Waals surface area (Å²) in [5.41, 5.74) is 4.52. The molecule has 0 bridgehead atoms. The molecule has 2 aromatic rings. The van der Waals surface area contributed by atoms with Gasteiger partial charge in [0.2, 0.25) is 0 Å². The summed E-state index contributed by atoms with van der Waals surface area (Å²) in [7, 11) is 0. The minimum atomic E-state index is 0.244. The lowest BCUT2D eigenvalue weighted by Gasteiger charge is -2.26. The monoisotopic (exact) mass is 509 g/mol. The van der Waals surface area contributed by atoms with Gasteiger partial charge in [-0.15, -0.1) is 6.58 Å². The predicted molar refractivity (Wildman–Crippen MR) is 160 cm³/mol. The van der Waals surface area contributed by atoms with Crippen LogP contribution in [0, 0.1) is 0 Å². The highest BCUT2D eigenvalue weighted by molar-refractivity contribution is 5.77. The summed E-state index contributed by atoms with van der Waals surface area (Å²) in [6, 6.07) is 8.97. The number of hydrogen-bond donors (Lipinski definition) is 0. The van der Waals surface area contributed by atoms with Crippen LogP contribution in [0.3, 0.4) is 0 Å². The van der Waals surface area contributed by atoms with Crippen molar-refractivity contribution in [2.24, 2.45) is 0 Å². The Bertz CT molecular complexity index is 865. The van der Waals surface area contributed by atoms with Crippen molar-refractivity contribution in [2.45, 2.75) is 93.4 Å². The Balaban J connectivity index is 0. The predicted octanol–water partition coefficient (Wildman–Crippen LogP) is 8.73. The number of unbranched alkanes of at least 4 members (excludes halogenated alkanes) is 1. The van der Waals surface area contributed by atoms with E-state index in [0.29, 0.717) is 12.0 Å². The third-order valence-corrected chi connectivity index (χ3v) is 5.01. The third kappa shape index (κ3) is 19.7. The fourth-order valence-corrected chi connectivity index (χ4v) is 3.06. The molecule has 0 N–H and O–H groups in total. The Labute approximate surface area is 227 Å². The van der Waals surface area contributed by atoms with E-state index in [1.807, 2.05) is 39.0 Å². The van der Waals surface area contributed by atoms with Crippen LogP contribution in [0.25, 0.3) is 11.4 Å². The van der Waals surface area contributed by atoms with Gasteiger partial charge in [0.25, 0.3) is 0 Å². The van der Waals surface area contributed by atoms with Gasteiger partial charge in [0.05, 0.1) is 11.4 Å². The quantitative estimate of drug-likeness (QED) is 0.199. The molecule has 5 nitrogen and oxygen atoms in total. The van der Waals surface area contributed by atoms with Crippen LogP contribution in [0.1, 0.15) is 104 Å². The Morgan fingerprint density at radius 3 is 2.00 bits per heavy atom. The molecule has 2 heterocycles. The molecular weight excluding hydrogens is 458 g/mol. The summed E-state index contributed by atoms with van der Waals surface area (Å²) in [5, 5.41) is 0. The molecule has 0 unspecified atom stereocenters. The lowest BCUT2D eigenvalue weighted by molar-refractivity contribution is -0.116. The molecule has 5 heteroatoms. The fraction of sp³-hybridized carbons (Fsp3) is 0.500. The summed E-state index contributed by atoms with van der Waals surface area (Å²) in [6.45, 7) is 24.4. The van der Waals surface area contributed by atoms with Gasteiger partial charge in [0, 0.05) is 43.2 Å². The third-order valence-electron chi connectivity index (χ3n) is 5.01. The number of Topliss-reactive ketones (excluding diaryl/α,β-unsaturated/α-hetero) is 1. The van der Waals surface area contributed by atoms with Crippen LogP contribution < -0.4 is 0 Å². The molecule has 0 saturated carbocycles. The molecule has 0 aliphatic heterocycles. The summed E-state index contributed by atoms with van der Waals surface area (Å²) in [4.78, 5) is 31.6. The number of allylic oxidation sites excluding steroid dienone is 2. The fourth-order valence-electron chi connectivity index (χ4n) is 3.06. The van der Waals surface area contributed by atoms with Crippen molar-refractivity contribution in [3.63, 3.8) is 0 Å². The van der Waals surface area contributed by atoms with Gasteiger partial charge in [-0.25, -0.2) is 0 Å². The van der Waals surface area contributed by atoms with Crippen molar-refractivity contribution in [3.8, 4) is 11.4 Å². The van der Waals surface area contributed by atoms with E-state index < -0.39 is 0 Å². The van der Waals surface area contributed by atoms with Crippen LogP contribution in [-0.4, -0.2) is 40.0 Å². The van der Waals surface area contributed by atoms with E-state index in [1.165, 1.54) is 44.5 Å². The zero-order valence-corrected chi connectivity index (χ0v) is 24.6. The van der Waals surface area contributed by atoms with Gasteiger partial charge in [-0.05, 0) is 63.8 Å². The Morgan fingerprint density at radius 1 is 0.865 bits per heavy atom. The molecule has 0 radical (unpaired) electrons. The van der Waals surface area contributed by atoms with Crippen molar-refractivity contribution < 1.29 is 9.59 Å². The number of aromatic nitrogens is 2. The van der Waals surface area contributed by atoms with Gasteiger partial charge >= 0.3 is 0 Å².